The lowest BCUT2D eigenvalue weighted by molar-refractivity contribution is 0.0992. The highest BCUT2D eigenvalue weighted by Gasteiger charge is 2.24. The third-order valence-corrected chi connectivity index (χ3v) is 7.40. The van der Waals surface area contributed by atoms with Crippen molar-refractivity contribution in [2.75, 3.05) is 11.4 Å². The van der Waals surface area contributed by atoms with Gasteiger partial charge in [-0.05, 0) is 55.5 Å². The van der Waals surface area contributed by atoms with Crippen molar-refractivity contribution in [3.05, 3.63) is 76.6 Å². The number of benzene rings is 2. The quantitative estimate of drug-likeness (QED) is 0.606. The van der Waals surface area contributed by atoms with Crippen LogP contribution in [0.15, 0.2) is 75.8 Å². The Kier molecular flexibility index (Phi) is 5.46. The van der Waals surface area contributed by atoms with Crippen LogP contribution in [0.5, 0.6) is 0 Å². The maximum absolute atomic E-state index is 12.8. The predicted molar refractivity (Wildman–Crippen MR) is 105 cm³/mol. The van der Waals surface area contributed by atoms with Crippen molar-refractivity contribution in [2.24, 2.45) is 0 Å². The Morgan fingerprint density at radius 2 is 1.65 bits per heavy atom. The summed E-state index contributed by atoms with van der Waals surface area (Å²) in [6.45, 7) is 2.36. The summed E-state index contributed by atoms with van der Waals surface area (Å²) < 4.78 is 25.6. The van der Waals surface area contributed by atoms with Crippen LogP contribution in [0.2, 0.25) is 5.02 Å². The summed E-state index contributed by atoms with van der Waals surface area (Å²) in [6, 6.07) is 18.3. The number of sulfone groups is 1. The molecule has 0 atom stereocenters. The highest BCUT2D eigenvalue weighted by atomic mass is 35.5. The van der Waals surface area contributed by atoms with Crippen molar-refractivity contribution in [1.29, 1.82) is 0 Å². The van der Waals surface area contributed by atoms with E-state index in [1.807, 2.05) is 37.3 Å². The molecule has 1 amide bonds. The van der Waals surface area contributed by atoms with E-state index in [0.717, 1.165) is 17.0 Å². The summed E-state index contributed by atoms with van der Waals surface area (Å²) in [4.78, 5) is 15.0. The molecule has 3 rings (SSSR count). The first-order chi connectivity index (χ1) is 12.4. The molecule has 0 saturated carbocycles. The molecule has 0 aliphatic heterocycles. The second kappa shape index (κ2) is 7.61. The van der Waals surface area contributed by atoms with Crippen LogP contribution < -0.4 is 4.90 Å². The van der Waals surface area contributed by atoms with Crippen LogP contribution >= 0.6 is 22.9 Å². The fourth-order valence-electron chi connectivity index (χ4n) is 2.49. The normalized spacial score (nSPS) is 11.3. The molecule has 0 bridgehead atoms. The van der Waals surface area contributed by atoms with Gasteiger partial charge in [-0.2, -0.15) is 0 Å². The minimum absolute atomic E-state index is 0.132. The summed E-state index contributed by atoms with van der Waals surface area (Å²) in [6.07, 6.45) is 0. The molecule has 2 aromatic carbocycles. The lowest BCUT2D eigenvalue weighted by atomic mass is 10.2. The SMILES string of the molecule is CCN(C(=O)c1ccc(S(=O)(=O)c2ccc(Cl)cc2)s1)c1ccccc1. The van der Waals surface area contributed by atoms with Crippen molar-refractivity contribution < 1.29 is 13.2 Å². The first-order valence-corrected chi connectivity index (χ1v) is 10.6. The number of thiophene rings is 1. The van der Waals surface area contributed by atoms with Crippen molar-refractivity contribution in [3.8, 4) is 0 Å². The van der Waals surface area contributed by atoms with Gasteiger partial charge in [0.05, 0.1) is 9.77 Å². The molecule has 0 spiro atoms. The van der Waals surface area contributed by atoms with Crippen LogP contribution in [-0.2, 0) is 9.84 Å². The van der Waals surface area contributed by atoms with E-state index in [1.165, 1.54) is 30.3 Å². The van der Waals surface area contributed by atoms with Gasteiger partial charge in [0, 0.05) is 17.3 Å². The van der Waals surface area contributed by atoms with Gasteiger partial charge < -0.3 is 4.90 Å². The molecule has 0 aliphatic rings. The molecule has 1 aromatic heterocycles. The zero-order chi connectivity index (χ0) is 18.7. The van der Waals surface area contributed by atoms with Crippen molar-refractivity contribution >= 4 is 44.4 Å². The van der Waals surface area contributed by atoms with Crippen LogP contribution in [-0.4, -0.2) is 20.9 Å². The van der Waals surface area contributed by atoms with Gasteiger partial charge in [0.1, 0.15) is 4.21 Å². The van der Waals surface area contributed by atoms with Crippen molar-refractivity contribution in [2.45, 2.75) is 16.0 Å². The first-order valence-electron chi connectivity index (χ1n) is 7.91. The van der Waals surface area contributed by atoms with Gasteiger partial charge in [-0.15, -0.1) is 11.3 Å². The highest BCUT2D eigenvalue weighted by Crippen LogP contribution is 2.30. The van der Waals surface area contributed by atoms with Crippen molar-refractivity contribution in [3.63, 3.8) is 0 Å². The Hall–Kier alpha value is -2.15. The fraction of sp³-hybridized carbons (Fsp3) is 0.105. The number of anilines is 1. The molecular weight excluding hydrogens is 390 g/mol. The maximum Gasteiger partial charge on any atom is 0.268 e. The van der Waals surface area contributed by atoms with E-state index < -0.39 is 9.84 Å². The molecule has 134 valence electrons. The number of carbonyl (C=O) groups excluding carboxylic acids is 1. The van der Waals surface area contributed by atoms with Crippen LogP contribution in [0, 0.1) is 0 Å². The number of nitrogens with zero attached hydrogens (tertiary/aromatic N) is 1. The van der Waals surface area contributed by atoms with Gasteiger partial charge in [0.25, 0.3) is 5.91 Å². The lowest BCUT2D eigenvalue weighted by Gasteiger charge is -2.20. The molecule has 4 nitrogen and oxygen atoms in total. The van der Waals surface area contributed by atoms with E-state index in [2.05, 4.69) is 0 Å². The lowest BCUT2D eigenvalue weighted by Crippen LogP contribution is -2.29. The average molecular weight is 406 g/mol. The van der Waals surface area contributed by atoms with Crippen LogP contribution in [0.25, 0.3) is 0 Å². The van der Waals surface area contributed by atoms with E-state index in [0.29, 0.717) is 16.4 Å². The van der Waals surface area contributed by atoms with Crippen LogP contribution in [0.4, 0.5) is 5.69 Å². The number of para-hydroxylation sites is 1. The first kappa shape index (κ1) is 18.6. The molecule has 3 aromatic rings. The summed E-state index contributed by atoms with van der Waals surface area (Å²) in [5.41, 5.74) is 0.774. The predicted octanol–water partition coefficient (Wildman–Crippen LogP) is 4.90. The second-order valence-corrected chi connectivity index (χ2v) is 9.16. The number of halogens is 1. The number of hydrogen-bond acceptors (Lipinski definition) is 4. The molecule has 0 unspecified atom stereocenters. The number of rotatable bonds is 5. The Morgan fingerprint density at radius 1 is 1.00 bits per heavy atom. The number of amides is 1. The van der Waals surface area contributed by atoms with E-state index in [9.17, 15) is 13.2 Å². The van der Waals surface area contributed by atoms with E-state index in [1.54, 1.807) is 11.0 Å². The second-order valence-electron chi connectivity index (χ2n) is 5.46. The summed E-state index contributed by atoms with van der Waals surface area (Å²) >= 11 is 6.79. The standard InChI is InChI=1S/C19H16ClNO3S2/c1-2-21(15-6-4-3-5-7-15)19(22)17-12-13-18(25-17)26(23,24)16-10-8-14(20)9-11-16/h3-13H,2H2,1H3. The topological polar surface area (TPSA) is 54.5 Å². The third-order valence-electron chi connectivity index (χ3n) is 3.81. The third kappa shape index (κ3) is 3.67. The Balaban J connectivity index is 1.91. The zero-order valence-corrected chi connectivity index (χ0v) is 16.3. The largest absolute Gasteiger partial charge is 0.308 e. The van der Waals surface area contributed by atoms with E-state index >= 15 is 0 Å². The molecule has 0 fully saturated rings. The van der Waals surface area contributed by atoms with Gasteiger partial charge >= 0.3 is 0 Å². The molecule has 0 N–H and O–H groups in total. The van der Waals surface area contributed by atoms with Gasteiger partial charge in [0.15, 0.2) is 0 Å². The minimum atomic E-state index is -3.68. The fourth-order valence-corrected chi connectivity index (χ4v) is 5.28. The molecule has 1 heterocycles. The zero-order valence-electron chi connectivity index (χ0n) is 13.9. The van der Waals surface area contributed by atoms with Gasteiger partial charge in [0.2, 0.25) is 9.84 Å². The highest BCUT2D eigenvalue weighted by molar-refractivity contribution is 7.93. The Morgan fingerprint density at radius 3 is 2.27 bits per heavy atom. The van der Waals surface area contributed by atoms with Gasteiger partial charge in [-0.25, -0.2) is 8.42 Å². The number of hydrogen-bond donors (Lipinski definition) is 0. The molecule has 26 heavy (non-hydrogen) atoms. The summed E-state index contributed by atoms with van der Waals surface area (Å²) in [7, 11) is -3.68. The van der Waals surface area contributed by atoms with Crippen molar-refractivity contribution in [1.82, 2.24) is 0 Å². The smallest absolute Gasteiger partial charge is 0.268 e. The van der Waals surface area contributed by atoms with Crippen LogP contribution in [0.1, 0.15) is 16.6 Å². The van der Waals surface area contributed by atoms with E-state index in [-0.39, 0.29) is 15.0 Å². The van der Waals surface area contributed by atoms with Crippen LogP contribution in [0.3, 0.4) is 0 Å². The monoisotopic (exact) mass is 405 g/mol. The Bertz CT molecular complexity index is 1010. The van der Waals surface area contributed by atoms with Gasteiger partial charge in [-0.3, -0.25) is 4.79 Å². The van der Waals surface area contributed by atoms with Gasteiger partial charge in [-0.1, -0.05) is 29.8 Å². The molecule has 0 aliphatic carbocycles. The minimum Gasteiger partial charge on any atom is -0.308 e. The molecule has 0 saturated heterocycles. The summed E-state index contributed by atoms with van der Waals surface area (Å²) in [5, 5.41) is 0.465. The molecule has 7 heteroatoms. The van der Waals surface area contributed by atoms with E-state index in [4.69, 9.17) is 11.6 Å². The average Bonchev–Trinajstić information content (AvgIpc) is 3.14. The maximum atomic E-state index is 12.8. The Labute approximate surface area is 161 Å². The summed E-state index contributed by atoms with van der Waals surface area (Å²) in [5.74, 6) is -0.221. The molecule has 0 radical (unpaired) electrons. The molecular formula is C19H16ClNO3S2. The number of carbonyl (C=O) groups is 1.